The van der Waals surface area contributed by atoms with Gasteiger partial charge >= 0.3 is 11.9 Å². The molecule has 0 bridgehead atoms. The number of carbonyl (C=O) groups excluding carboxylic acids is 2. The third-order valence-corrected chi connectivity index (χ3v) is 3.26. The lowest BCUT2D eigenvalue weighted by atomic mass is 10.1. The first-order valence-electron chi connectivity index (χ1n) is 7.63. The van der Waals surface area contributed by atoms with Gasteiger partial charge in [-0.2, -0.15) is 5.26 Å². The van der Waals surface area contributed by atoms with Crippen LogP contribution in [-0.4, -0.2) is 18.5 Å². The number of nitrogens with zero attached hydrogens (tertiary/aromatic N) is 1. The maximum atomic E-state index is 12.1. The van der Waals surface area contributed by atoms with Crippen LogP contribution in [0.1, 0.15) is 46.0 Å². The zero-order chi connectivity index (χ0) is 17.4. The topological polar surface area (TPSA) is 76.4 Å². The highest BCUT2D eigenvalue weighted by atomic mass is 16.5. The molecule has 0 spiro atoms. The molecule has 0 heterocycles. The monoisotopic (exact) mass is 323 g/mol. The summed E-state index contributed by atoms with van der Waals surface area (Å²) in [5, 5.41) is 8.85. The number of ether oxygens (including phenoxy) is 2. The summed E-state index contributed by atoms with van der Waals surface area (Å²) in [4.78, 5) is 23.8. The highest BCUT2D eigenvalue weighted by Gasteiger charge is 2.11. The molecular weight excluding hydrogens is 306 g/mol. The zero-order valence-electron chi connectivity index (χ0n) is 13.3. The predicted octanol–water partition coefficient (Wildman–Crippen LogP) is 3.73. The number of unbranched alkanes of at least 4 members (excludes halogenated alkanes) is 1. The molecule has 24 heavy (non-hydrogen) atoms. The molecule has 0 radical (unpaired) electrons. The van der Waals surface area contributed by atoms with Gasteiger partial charge in [-0.3, -0.25) is 0 Å². The van der Waals surface area contributed by atoms with Gasteiger partial charge in [0, 0.05) is 0 Å². The van der Waals surface area contributed by atoms with Crippen LogP contribution in [0.25, 0.3) is 0 Å². The molecule has 0 aromatic heterocycles. The Hall–Kier alpha value is -3.13. The van der Waals surface area contributed by atoms with E-state index >= 15 is 0 Å². The van der Waals surface area contributed by atoms with E-state index in [1.165, 1.54) is 18.2 Å². The van der Waals surface area contributed by atoms with Crippen molar-refractivity contribution in [3.63, 3.8) is 0 Å². The van der Waals surface area contributed by atoms with Gasteiger partial charge in [-0.15, -0.1) is 0 Å². The number of hydrogen-bond donors (Lipinski definition) is 0. The van der Waals surface area contributed by atoms with Crippen LogP contribution in [0.5, 0.6) is 5.75 Å². The first kappa shape index (κ1) is 17.2. The van der Waals surface area contributed by atoms with Crippen LogP contribution >= 0.6 is 0 Å². The molecule has 0 saturated carbocycles. The van der Waals surface area contributed by atoms with Crippen molar-refractivity contribution in [2.45, 2.75) is 19.8 Å². The van der Waals surface area contributed by atoms with Crippen molar-refractivity contribution < 1.29 is 19.1 Å². The van der Waals surface area contributed by atoms with Crippen LogP contribution in [0.3, 0.4) is 0 Å². The minimum Gasteiger partial charge on any atom is -0.462 e. The fourth-order valence-electron chi connectivity index (χ4n) is 1.93. The zero-order valence-corrected chi connectivity index (χ0v) is 13.3. The maximum absolute atomic E-state index is 12.1. The molecule has 0 fully saturated rings. The van der Waals surface area contributed by atoms with Crippen molar-refractivity contribution in [1.82, 2.24) is 0 Å². The molecule has 0 N–H and O–H groups in total. The van der Waals surface area contributed by atoms with Gasteiger partial charge in [0.2, 0.25) is 0 Å². The Morgan fingerprint density at radius 1 is 1.04 bits per heavy atom. The molecule has 5 heteroatoms. The SMILES string of the molecule is CCCCOC(=O)c1ccc(OC(=O)c2cccc(C#N)c2)cc1. The van der Waals surface area contributed by atoms with Crippen LogP contribution < -0.4 is 4.74 Å². The van der Waals surface area contributed by atoms with Gasteiger partial charge in [-0.25, -0.2) is 9.59 Å². The normalized spacial score (nSPS) is 9.83. The molecule has 0 atom stereocenters. The Kier molecular flexibility index (Phi) is 6.09. The summed E-state index contributed by atoms with van der Waals surface area (Å²) in [5.74, 6) is -0.652. The number of benzene rings is 2. The van der Waals surface area contributed by atoms with Gasteiger partial charge in [0.1, 0.15) is 5.75 Å². The average Bonchev–Trinajstić information content (AvgIpc) is 2.62. The Balaban J connectivity index is 1.99. The van der Waals surface area contributed by atoms with Crippen molar-refractivity contribution >= 4 is 11.9 Å². The highest BCUT2D eigenvalue weighted by molar-refractivity contribution is 5.92. The summed E-state index contributed by atoms with van der Waals surface area (Å²) in [6.45, 7) is 2.41. The Morgan fingerprint density at radius 2 is 1.79 bits per heavy atom. The lowest BCUT2D eigenvalue weighted by Crippen LogP contribution is -2.09. The minimum absolute atomic E-state index is 0.289. The lowest BCUT2D eigenvalue weighted by Gasteiger charge is -2.06. The van der Waals surface area contributed by atoms with E-state index in [-0.39, 0.29) is 5.56 Å². The second-order valence-corrected chi connectivity index (χ2v) is 5.10. The van der Waals surface area contributed by atoms with Gasteiger partial charge in [-0.1, -0.05) is 19.4 Å². The molecule has 0 amide bonds. The van der Waals surface area contributed by atoms with E-state index in [4.69, 9.17) is 14.7 Å². The molecule has 0 unspecified atom stereocenters. The number of esters is 2. The second kappa shape index (κ2) is 8.49. The molecule has 0 saturated heterocycles. The van der Waals surface area contributed by atoms with E-state index in [2.05, 4.69) is 0 Å². The van der Waals surface area contributed by atoms with E-state index in [0.29, 0.717) is 23.5 Å². The van der Waals surface area contributed by atoms with Crippen molar-refractivity contribution in [1.29, 1.82) is 5.26 Å². The van der Waals surface area contributed by atoms with Crippen LogP contribution in [0.4, 0.5) is 0 Å². The van der Waals surface area contributed by atoms with Gasteiger partial charge in [0.05, 0.1) is 29.4 Å². The summed E-state index contributed by atoms with van der Waals surface area (Å²) < 4.78 is 10.3. The van der Waals surface area contributed by atoms with E-state index < -0.39 is 11.9 Å². The van der Waals surface area contributed by atoms with E-state index in [9.17, 15) is 9.59 Å². The molecule has 2 aromatic rings. The van der Waals surface area contributed by atoms with Gasteiger partial charge in [0.25, 0.3) is 0 Å². The smallest absolute Gasteiger partial charge is 0.343 e. The second-order valence-electron chi connectivity index (χ2n) is 5.10. The molecule has 2 rings (SSSR count). The average molecular weight is 323 g/mol. The number of carbonyl (C=O) groups is 2. The maximum Gasteiger partial charge on any atom is 0.343 e. The van der Waals surface area contributed by atoms with Crippen LogP contribution in [0.2, 0.25) is 0 Å². The summed E-state index contributed by atoms with van der Waals surface area (Å²) >= 11 is 0. The fraction of sp³-hybridized carbons (Fsp3) is 0.211. The minimum atomic E-state index is -0.564. The van der Waals surface area contributed by atoms with Crippen molar-refractivity contribution in [3.05, 3.63) is 65.2 Å². The van der Waals surface area contributed by atoms with Crippen LogP contribution in [-0.2, 0) is 4.74 Å². The van der Waals surface area contributed by atoms with E-state index in [0.717, 1.165) is 12.8 Å². The molecule has 0 aliphatic carbocycles. The fourth-order valence-corrected chi connectivity index (χ4v) is 1.93. The molecule has 2 aromatic carbocycles. The summed E-state index contributed by atoms with van der Waals surface area (Å²) in [5.41, 5.74) is 1.07. The number of rotatable bonds is 6. The quantitative estimate of drug-likeness (QED) is 0.460. The third kappa shape index (κ3) is 4.68. The molecule has 0 aliphatic rings. The first-order valence-corrected chi connectivity index (χ1v) is 7.63. The predicted molar refractivity (Wildman–Crippen MR) is 87.7 cm³/mol. The van der Waals surface area contributed by atoms with E-state index in [1.807, 2.05) is 13.0 Å². The summed E-state index contributed by atoms with van der Waals surface area (Å²) in [7, 11) is 0. The van der Waals surface area contributed by atoms with E-state index in [1.54, 1.807) is 30.3 Å². The Morgan fingerprint density at radius 3 is 2.46 bits per heavy atom. The summed E-state index contributed by atoms with van der Waals surface area (Å²) in [6, 6.07) is 14.4. The number of nitriles is 1. The highest BCUT2D eigenvalue weighted by Crippen LogP contribution is 2.15. The Bertz CT molecular complexity index is 760. The van der Waals surface area contributed by atoms with Crippen molar-refractivity contribution in [2.75, 3.05) is 6.61 Å². The standard InChI is InChI=1S/C19H17NO4/c1-2-3-11-23-18(21)15-7-9-17(10-8-15)24-19(22)16-6-4-5-14(12-16)13-20/h4-10,12H,2-3,11H2,1H3. The first-order chi connectivity index (χ1) is 11.6. The lowest BCUT2D eigenvalue weighted by molar-refractivity contribution is 0.0499. The molecular formula is C19H17NO4. The van der Waals surface area contributed by atoms with Crippen LogP contribution in [0.15, 0.2) is 48.5 Å². The van der Waals surface area contributed by atoms with Crippen molar-refractivity contribution in [2.24, 2.45) is 0 Å². The third-order valence-electron chi connectivity index (χ3n) is 3.26. The number of hydrogen-bond acceptors (Lipinski definition) is 5. The van der Waals surface area contributed by atoms with Gasteiger partial charge in [0.15, 0.2) is 0 Å². The largest absolute Gasteiger partial charge is 0.462 e. The summed E-state index contributed by atoms with van der Waals surface area (Å²) in [6.07, 6.45) is 1.78. The van der Waals surface area contributed by atoms with Gasteiger partial charge < -0.3 is 9.47 Å². The molecule has 0 aliphatic heterocycles. The molecule has 122 valence electrons. The van der Waals surface area contributed by atoms with Crippen LogP contribution in [0, 0.1) is 11.3 Å². The Labute approximate surface area is 140 Å². The van der Waals surface area contributed by atoms with Gasteiger partial charge in [-0.05, 0) is 48.9 Å². The van der Waals surface area contributed by atoms with Crippen molar-refractivity contribution in [3.8, 4) is 11.8 Å². The molecule has 5 nitrogen and oxygen atoms in total.